The van der Waals surface area contributed by atoms with Crippen LogP contribution in [0.5, 0.6) is 5.75 Å². The van der Waals surface area contributed by atoms with Gasteiger partial charge >= 0.3 is 0 Å². The summed E-state index contributed by atoms with van der Waals surface area (Å²) in [6.45, 7) is 2.19. The minimum absolute atomic E-state index is 0.106. The van der Waals surface area contributed by atoms with Gasteiger partial charge < -0.3 is 10.1 Å². The summed E-state index contributed by atoms with van der Waals surface area (Å²) in [7, 11) is -1.40. The van der Waals surface area contributed by atoms with Gasteiger partial charge in [0.25, 0.3) is 0 Å². The summed E-state index contributed by atoms with van der Waals surface area (Å²) in [5, 5.41) is 3.56. The van der Waals surface area contributed by atoms with Gasteiger partial charge in [-0.15, -0.1) is 0 Å². The standard InChI is InChI=1S/C12H18ClNO3S/c1-3-7-18(15,16)8-6-14-12-9-10(17-2)4-5-11(12)13/h4-5,9,14H,3,6-8H2,1-2H3. The summed E-state index contributed by atoms with van der Waals surface area (Å²) in [5.41, 5.74) is 0.683. The molecule has 0 aromatic heterocycles. The van der Waals surface area contributed by atoms with Crippen molar-refractivity contribution in [1.82, 2.24) is 0 Å². The van der Waals surface area contributed by atoms with Crippen molar-refractivity contribution in [3.63, 3.8) is 0 Å². The Labute approximate surface area is 113 Å². The molecule has 102 valence electrons. The van der Waals surface area contributed by atoms with E-state index in [2.05, 4.69) is 5.32 Å². The Kier molecular flexibility index (Phi) is 5.75. The maximum atomic E-state index is 11.5. The maximum Gasteiger partial charge on any atom is 0.152 e. The van der Waals surface area contributed by atoms with Crippen LogP contribution in [0, 0.1) is 0 Å². The summed E-state index contributed by atoms with van der Waals surface area (Å²) in [5.74, 6) is 1.01. The Balaban J connectivity index is 2.58. The molecule has 0 aliphatic heterocycles. The highest BCUT2D eigenvalue weighted by Crippen LogP contribution is 2.26. The Morgan fingerprint density at radius 1 is 1.33 bits per heavy atom. The average molecular weight is 292 g/mol. The molecule has 0 bridgehead atoms. The van der Waals surface area contributed by atoms with Gasteiger partial charge in [-0.05, 0) is 18.6 Å². The molecule has 18 heavy (non-hydrogen) atoms. The van der Waals surface area contributed by atoms with Crippen LogP contribution in [0.25, 0.3) is 0 Å². The number of sulfone groups is 1. The molecule has 0 saturated carbocycles. The highest BCUT2D eigenvalue weighted by molar-refractivity contribution is 7.91. The van der Waals surface area contributed by atoms with E-state index in [9.17, 15) is 8.42 Å². The molecular weight excluding hydrogens is 274 g/mol. The van der Waals surface area contributed by atoms with E-state index < -0.39 is 9.84 Å². The molecule has 1 rings (SSSR count). The minimum atomic E-state index is -2.97. The fourth-order valence-electron chi connectivity index (χ4n) is 1.52. The minimum Gasteiger partial charge on any atom is -0.497 e. The molecule has 0 aliphatic rings. The first-order valence-corrected chi connectivity index (χ1v) is 7.96. The van der Waals surface area contributed by atoms with Crippen molar-refractivity contribution in [3.8, 4) is 5.75 Å². The molecule has 0 amide bonds. The van der Waals surface area contributed by atoms with E-state index in [-0.39, 0.29) is 11.5 Å². The number of hydrogen-bond acceptors (Lipinski definition) is 4. The molecule has 1 N–H and O–H groups in total. The zero-order valence-electron chi connectivity index (χ0n) is 10.6. The maximum absolute atomic E-state index is 11.5. The first-order valence-electron chi connectivity index (χ1n) is 5.76. The second kappa shape index (κ2) is 6.85. The van der Waals surface area contributed by atoms with Crippen LogP contribution in [0.1, 0.15) is 13.3 Å². The van der Waals surface area contributed by atoms with Gasteiger partial charge in [0.1, 0.15) is 5.75 Å². The van der Waals surface area contributed by atoms with Crippen molar-refractivity contribution in [1.29, 1.82) is 0 Å². The van der Waals surface area contributed by atoms with Crippen LogP contribution in [0.2, 0.25) is 5.02 Å². The first-order chi connectivity index (χ1) is 8.48. The van der Waals surface area contributed by atoms with Crippen LogP contribution >= 0.6 is 11.6 Å². The highest BCUT2D eigenvalue weighted by Gasteiger charge is 2.09. The molecule has 0 heterocycles. The zero-order valence-corrected chi connectivity index (χ0v) is 12.1. The molecule has 6 heteroatoms. The van der Waals surface area contributed by atoms with Gasteiger partial charge in [0.2, 0.25) is 0 Å². The lowest BCUT2D eigenvalue weighted by Gasteiger charge is -2.10. The fourth-order valence-corrected chi connectivity index (χ4v) is 2.94. The van der Waals surface area contributed by atoms with Crippen molar-refractivity contribution < 1.29 is 13.2 Å². The number of nitrogens with one attached hydrogen (secondary N) is 1. The van der Waals surface area contributed by atoms with Crippen molar-refractivity contribution in [3.05, 3.63) is 23.2 Å². The van der Waals surface area contributed by atoms with Crippen molar-refractivity contribution >= 4 is 27.1 Å². The normalized spacial score (nSPS) is 11.3. The van der Waals surface area contributed by atoms with E-state index in [0.29, 0.717) is 29.4 Å². The number of rotatable bonds is 7. The molecule has 1 aromatic rings. The Hall–Kier alpha value is -0.940. The predicted molar refractivity (Wildman–Crippen MR) is 75.4 cm³/mol. The van der Waals surface area contributed by atoms with Crippen LogP contribution in [0.15, 0.2) is 18.2 Å². The average Bonchev–Trinajstić information content (AvgIpc) is 2.31. The number of ether oxygens (including phenoxy) is 1. The van der Waals surface area contributed by atoms with Crippen LogP contribution in [0.4, 0.5) is 5.69 Å². The highest BCUT2D eigenvalue weighted by atomic mass is 35.5. The topological polar surface area (TPSA) is 55.4 Å². The molecule has 0 atom stereocenters. The van der Waals surface area contributed by atoms with Crippen LogP contribution in [-0.2, 0) is 9.84 Å². The number of benzene rings is 1. The molecular formula is C12H18ClNO3S. The van der Waals surface area contributed by atoms with Gasteiger partial charge in [0.15, 0.2) is 9.84 Å². The van der Waals surface area contributed by atoms with E-state index in [0.717, 1.165) is 0 Å². The van der Waals surface area contributed by atoms with Crippen molar-refractivity contribution in [2.45, 2.75) is 13.3 Å². The van der Waals surface area contributed by atoms with E-state index in [1.165, 1.54) is 0 Å². The number of anilines is 1. The van der Waals surface area contributed by atoms with E-state index in [1.54, 1.807) is 25.3 Å². The summed E-state index contributed by atoms with van der Waals surface area (Å²) < 4.78 is 28.1. The van der Waals surface area contributed by atoms with Gasteiger partial charge in [-0.1, -0.05) is 18.5 Å². The van der Waals surface area contributed by atoms with Gasteiger partial charge in [0, 0.05) is 18.4 Å². The predicted octanol–water partition coefficient (Wildman–Crippen LogP) is 2.59. The molecule has 0 radical (unpaired) electrons. The fraction of sp³-hybridized carbons (Fsp3) is 0.500. The largest absolute Gasteiger partial charge is 0.497 e. The smallest absolute Gasteiger partial charge is 0.152 e. The van der Waals surface area contributed by atoms with Gasteiger partial charge in [-0.2, -0.15) is 0 Å². The van der Waals surface area contributed by atoms with Crippen LogP contribution in [-0.4, -0.2) is 33.6 Å². The zero-order chi connectivity index (χ0) is 13.6. The van der Waals surface area contributed by atoms with Crippen LogP contribution in [0.3, 0.4) is 0 Å². The lowest BCUT2D eigenvalue weighted by Crippen LogP contribution is -2.18. The van der Waals surface area contributed by atoms with Gasteiger partial charge in [-0.25, -0.2) is 8.42 Å². The van der Waals surface area contributed by atoms with Gasteiger partial charge in [-0.3, -0.25) is 0 Å². The second-order valence-electron chi connectivity index (χ2n) is 3.92. The van der Waals surface area contributed by atoms with E-state index >= 15 is 0 Å². The van der Waals surface area contributed by atoms with Crippen molar-refractivity contribution in [2.75, 3.05) is 30.5 Å². The molecule has 0 unspecified atom stereocenters. The number of hydrogen-bond donors (Lipinski definition) is 1. The summed E-state index contributed by atoms with van der Waals surface area (Å²) >= 11 is 6.00. The SMILES string of the molecule is CCCS(=O)(=O)CCNc1cc(OC)ccc1Cl. The van der Waals surface area contributed by atoms with Gasteiger partial charge in [0.05, 0.1) is 23.6 Å². The number of halogens is 1. The molecule has 4 nitrogen and oxygen atoms in total. The lowest BCUT2D eigenvalue weighted by molar-refractivity contribution is 0.415. The monoisotopic (exact) mass is 291 g/mol. The van der Waals surface area contributed by atoms with Crippen molar-refractivity contribution in [2.24, 2.45) is 0 Å². The second-order valence-corrected chi connectivity index (χ2v) is 6.64. The molecule has 0 fully saturated rings. The third-order valence-corrected chi connectivity index (χ3v) is 4.60. The Bertz CT molecular complexity index is 488. The third-order valence-electron chi connectivity index (χ3n) is 2.42. The Morgan fingerprint density at radius 3 is 2.67 bits per heavy atom. The van der Waals surface area contributed by atoms with Crippen LogP contribution < -0.4 is 10.1 Å². The number of methoxy groups -OCH3 is 1. The third kappa shape index (κ3) is 4.74. The Morgan fingerprint density at radius 2 is 2.06 bits per heavy atom. The van der Waals surface area contributed by atoms with E-state index in [1.807, 2.05) is 6.92 Å². The summed E-state index contributed by atoms with van der Waals surface area (Å²) in [6, 6.07) is 5.21. The molecule has 0 aliphatic carbocycles. The molecule has 0 spiro atoms. The van der Waals surface area contributed by atoms with E-state index in [4.69, 9.17) is 16.3 Å². The first kappa shape index (κ1) is 15.1. The quantitative estimate of drug-likeness (QED) is 0.839. The summed E-state index contributed by atoms with van der Waals surface area (Å²) in [4.78, 5) is 0. The summed E-state index contributed by atoms with van der Waals surface area (Å²) in [6.07, 6.45) is 0.641. The molecule has 0 saturated heterocycles. The lowest BCUT2D eigenvalue weighted by atomic mass is 10.3. The molecule has 1 aromatic carbocycles.